The Hall–Kier alpha value is -1.32. The fourth-order valence-electron chi connectivity index (χ4n) is 0.905. The maximum atomic E-state index is 10.5. The molecule has 0 atom stereocenters. The smallest absolute Gasteiger partial charge is 0.354 e. The minimum atomic E-state index is -0.953. The number of aromatic nitrogens is 2. The molecule has 0 fully saturated rings. The molecule has 4 heteroatoms. The Morgan fingerprint density at radius 3 is 2.73 bits per heavy atom. The lowest BCUT2D eigenvalue weighted by Crippen LogP contribution is -2.02. The fraction of sp³-hybridized carbons (Fsp3) is 0.429. The number of rotatable bonds is 2. The highest BCUT2D eigenvalue weighted by molar-refractivity contribution is 5.87. The van der Waals surface area contributed by atoms with E-state index in [9.17, 15) is 4.79 Å². The van der Waals surface area contributed by atoms with Gasteiger partial charge in [0.15, 0.2) is 0 Å². The molecule has 1 heterocycles. The van der Waals surface area contributed by atoms with Crippen molar-refractivity contribution in [3.63, 3.8) is 0 Å². The molecule has 0 unspecified atom stereocenters. The number of carboxylic acids is 1. The van der Waals surface area contributed by atoms with Gasteiger partial charge < -0.3 is 5.11 Å². The molecule has 0 saturated heterocycles. The van der Waals surface area contributed by atoms with Gasteiger partial charge >= 0.3 is 5.97 Å². The summed E-state index contributed by atoms with van der Waals surface area (Å²) in [6, 6.07) is 0. The van der Waals surface area contributed by atoms with Gasteiger partial charge in [-0.2, -0.15) is 5.10 Å². The van der Waals surface area contributed by atoms with Crippen LogP contribution >= 0.6 is 0 Å². The molecule has 4 nitrogen and oxygen atoms in total. The van der Waals surface area contributed by atoms with Gasteiger partial charge in [-0.1, -0.05) is 13.8 Å². The maximum absolute atomic E-state index is 10.5. The summed E-state index contributed by atoms with van der Waals surface area (Å²) in [5, 5.41) is 14.7. The van der Waals surface area contributed by atoms with E-state index >= 15 is 0 Å². The molecule has 2 N–H and O–H groups in total. The van der Waals surface area contributed by atoms with Crippen LogP contribution in [0.2, 0.25) is 0 Å². The second kappa shape index (κ2) is 2.74. The lowest BCUT2D eigenvalue weighted by molar-refractivity contribution is 0.0689. The summed E-state index contributed by atoms with van der Waals surface area (Å²) in [5.41, 5.74) is 0.942. The third-order valence-electron chi connectivity index (χ3n) is 1.50. The second-order valence-electron chi connectivity index (χ2n) is 2.66. The van der Waals surface area contributed by atoms with Gasteiger partial charge in [-0.05, 0) is 5.92 Å². The van der Waals surface area contributed by atoms with Crippen LogP contribution in [0.4, 0.5) is 0 Å². The Bertz CT molecular complexity index is 265. The summed E-state index contributed by atoms with van der Waals surface area (Å²) in [6.07, 6.45) is 1.55. The molecule has 1 aromatic heterocycles. The average Bonchev–Trinajstić information content (AvgIpc) is 2.32. The van der Waals surface area contributed by atoms with Gasteiger partial charge in [-0.15, -0.1) is 0 Å². The van der Waals surface area contributed by atoms with Gasteiger partial charge in [0.2, 0.25) is 0 Å². The van der Waals surface area contributed by atoms with Crippen molar-refractivity contribution >= 4 is 5.97 Å². The van der Waals surface area contributed by atoms with Crippen LogP contribution in [0.25, 0.3) is 0 Å². The molecule has 0 aliphatic rings. The highest BCUT2D eigenvalue weighted by Crippen LogP contribution is 2.16. The maximum Gasteiger partial charge on any atom is 0.354 e. The van der Waals surface area contributed by atoms with Gasteiger partial charge in [0, 0.05) is 5.56 Å². The zero-order chi connectivity index (χ0) is 8.43. The molecule has 1 aromatic rings. The predicted molar refractivity (Wildman–Crippen MR) is 39.6 cm³/mol. The molecule has 0 aliphatic heterocycles. The van der Waals surface area contributed by atoms with Gasteiger partial charge in [-0.25, -0.2) is 4.79 Å². The van der Waals surface area contributed by atoms with Gasteiger partial charge in [-0.3, -0.25) is 5.10 Å². The predicted octanol–water partition coefficient (Wildman–Crippen LogP) is 1.23. The first kappa shape index (κ1) is 7.78. The Morgan fingerprint density at radius 2 is 2.36 bits per heavy atom. The Labute approximate surface area is 64.2 Å². The standard InChI is InChI=1S/C7H10N2O2/c1-4(2)5-3-8-9-6(5)7(10)11/h3-4H,1-2H3,(H,8,9)(H,10,11). The van der Waals surface area contributed by atoms with Crippen molar-refractivity contribution in [2.45, 2.75) is 19.8 Å². The topological polar surface area (TPSA) is 66.0 Å². The summed E-state index contributed by atoms with van der Waals surface area (Å²) >= 11 is 0. The molecular formula is C7H10N2O2. The van der Waals surface area contributed by atoms with Crippen molar-refractivity contribution < 1.29 is 9.90 Å². The summed E-state index contributed by atoms with van der Waals surface area (Å²) in [6.45, 7) is 3.86. The number of hydrogen-bond acceptors (Lipinski definition) is 2. The highest BCUT2D eigenvalue weighted by atomic mass is 16.4. The van der Waals surface area contributed by atoms with E-state index in [4.69, 9.17) is 5.11 Å². The van der Waals surface area contributed by atoms with Crippen LogP contribution in [0.1, 0.15) is 35.8 Å². The average molecular weight is 154 g/mol. The number of aromatic carboxylic acids is 1. The van der Waals surface area contributed by atoms with E-state index < -0.39 is 5.97 Å². The third kappa shape index (κ3) is 1.39. The van der Waals surface area contributed by atoms with Gasteiger partial charge in [0.25, 0.3) is 0 Å². The number of carboxylic acid groups (broad SMARTS) is 1. The van der Waals surface area contributed by atoms with E-state index in [1.165, 1.54) is 0 Å². The normalized spacial score (nSPS) is 10.5. The number of aromatic amines is 1. The SMILES string of the molecule is CC(C)c1cn[nH]c1C(=O)O. The lowest BCUT2D eigenvalue weighted by atomic mass is 10.0. The first-order valence-corrected chi connectivity index (χ1v) is 3.39. The molecule has 11 heavy (non-hydrogen) atoms. The van der Waals surface area contributed by atoms with E-state index in [2.05, 4.69) is 10.2 Å². The van der Waals surface area contributed by atoms with Crippen molar-refractivity contribution in [3.8, 4) is 0 Å². The van der Waals surface area contributed by atoms with Crippen molar-refractivity contribution in [1.82, 2.24) is 10.2 Å². The van der Waals surface area contributed by atoms with Crippen LogP contribution in [0.15, 0.2) is 6.20 Å². The number of hydrogen-bond donors (Lipinski definition) is 2. The molecule has 0 aliphatic carbocycles. The number of carbonyl (C=O) groups is 1. The van der Waals surface area contributed by atoms with Crippen LogP contribution in [0.3, 0.4) is 0 Å². The minimum Gasteiger partial charge on any atom is -0.477 e. The van der Waals surface area contributed by atoms with Crippen molar-refractivity contribution in [2.75, 3.05) is 0 Å². The molecule has 0 bridgehead atoms. The zero-order valence-electron chi connectivity index (χ0n) is 6.46. The summed E-state index contributed by atoms with van der Waals surface area (Å²) < 4.78 is 0. The van der Waals surface area contributed by atoms with Crippen molar-refractivity contribution in [2.24, 2.45) is 0 Å². The number of nitrogens with zero attached hydrogens (tertiary/aromatic N) is 1. The highest BCUT2D eigenvalue weighted by Gasteiger charge is 2.13. The van der Waals surface area contributed by atoms with Crippen LogP contribution in [-0.2, 0) is 0 Å². The first-order valence-electron chi connectivity index (χ1n) is 3.39. The minimum absolute atomic E-state index is 0.194. The van der Waals surface area contributed by atoms with Crippen LogP contribution in [0.5, 0.6) is 0 Å². The largest absolute Gasteiger partial charge is 0.477 e. The zero-order valence-corrected chi connectivity index (χ0v) is 6.46. The Kier molecular flexibility index (Phi) is 1.94. The van der Waals surface area contributed by atoms with Crippen LogP contribution in [0, 0.1) is 0 Å². The molecule has 1 rings (SSSR count). The molecule has 0 saturated carbocycles. The van der Waals surface area contributed by atoms with Crippen LogP contribution < -0.4 is 0 Å². The molecular weight excluding hydrogens is 144 g/mol. The molecule has 60 valence electrons. The summed E-state index contributed by atoms with van der Waals surface area (Å²) in [4.78, 5) is 10.5. The van der Waals surface area contributed by atoms with E-state index in [1.54, 1.807) is 6.20 Å². The lowest BCUT2D eigenvalue weighted by Gasteiger charge is -2.00. The molecule has 0 aromatic carbocycles. The van der Waals surface area contributed by atoms with E-state index in [0.29, 0.717) is 0 Å². The Balaban J connectivity index is 3.06. The second-order valence-corrected chi connectivity index (χ2v) is 2.66. The quantitative estimate of drug-likeness (QED) is 0.673. The monoisotopic (exact) mass is 154 g/mol. The summed E-state index contributed by atoms with van der Waals surface area (Å²) in [7, 11) is 0. The number of H-pyrrole nitrogens is 1. The number of nitrogens with one attached hydrogen (secondary N) is 1. The fourth-order valence-corrected chi connectivity index (χ4v) is 0.905. The van der Waals surface area contributed by atoms with Gasteiger partial charge in [0.05, 0.1) is 6.20 Å². The Morgan fingerprint density at radius 1 is 1.73 bits per heavy atom. The first-order chi connectivity index (χ1) is 5.13. The van der Waals surface area contributed by atoms with Crippen molar-refractivity contribution in [1.29, 1.82) is 0 Å². The third-order valence-corrected chi connectivity index (χ3v) is 1.50. The van der Waals surface area contributed by atoms with E-state index in [-0.39, 0.29) is 11.6 Å². The molecule has 0 spiro atoms. The molecule has 0 radical (unpaired) electrons. The van der Waals surface area contributed by atoms with E-state index in [1.807, 2.05) is 13.8 Å². The van der Waals surface area contributed by atoms with Gasteiger partial charge in [0.1, 0.15) is 5.69 Å². The summed E-state index contributed by atoms with van der Waals surface area (Å²) in [5.74, 6) is -0.758. The van der Waals surface area contributed by atoms with E-state index in [0.717, 1.165) is 5.56 Å². The van der Waals surface area contributed by atoms with Crippen LogP contribution in [-0.4, -0.2) is 21.3 Å². The molecule has 0 amide bonds. The van der Waals surface area contributed by atoms with Crippen molar-refractivity contribution in [3.05, 3.63) is 17.5 Å².